The van der Waals surface area contributed by atoms with Crippen molar-refractivity contribution in [2.75, 3.05) is 12.4 Å². The van der Waals surface area contributed by atoms with Crippen LogP contribution in [0.4, 0.5) is 5.69 Å². The highest BCUT2D eigenvalue weighted by molar-refractivity contribution is 6.33. The molecule has 0 saturated heterocycles. The van der Waals surface area contributed by atoms with Gasteiger partial charge in [0.15, 0.2) is 0 Å². The van der Waals surface area contributed by atoms with Gasteiger partial charge >= 0.3 is 5.97 Å². The van der Waals surface area contributed by atoms with Crippen LogP contribution in [0.3, 0.4) is 0 Å². The second kappa shape index (κ2) is 6.13. The second-order valence-electron chi connectivity index (χ2n) is 3.92. The Hall–Kier alpha value is -2.45. The summed E-state index contributed by atoms with van der Waals surface area (Å²) in [6.07, 6.45) is 0. The lowest BCUT2D eigenvalue weighted by Crippen LogP contribution is -2.04. The molecule has 0 unspecified atom stereocenters. The summed E-state index contributed by atoms with van der Waals surface area (Å²) in [5.41, 5.74) is 0.987. The lowest BCUT2D eigenvalue weighted by atomic mass is 10.2. The van der Waals surface area contributed by atoms with Gasteiger partial charge in [0.2, 0.25) is 5.76 Å². The summed E-state index contributed by atoms with van der Waals surface area (Å²) in [5, 5.41) is 12.1. The lowest BCUT2D eigenvalue weighted by molar-refractivity contribution is 0.0601. The molecule has 0 aliphatic heterocycles. The fourth-order valence-electron chi connectivity index (χ4n) is 1.62. The van der Waals surface area contributed by atoms with E-state index in [0.717, 1.165) is 0 Å². The van der Waals surface area contributed by atoms with Crippen LogP contribution in [-0.2, 0) is 11.3 Å². The Morgan fingerprint density at radius 3 is 2.90 bits per heavy atom. The minimum atomic E-state index is -0.497. The molecule has 20 heavy (non-hydrogen) atoms. The molecule has 1 heterocycles. The van der Waals surface area contributed by atoms with Crippen LogP contribution in [0, 0.1) is 11.3 Å². The molecule has 5 nitrogen and oxygen atoms in total. The van der Waals surface area contributed by atoms with Gasteiger partial charge < -0.3 is 14.5 Å². The van der Waals surface area contributed by atoms with Crippen LogP contribution in [0.2, 0.25) is 5.02 Å². The predicted octanol–water partition coefficient (Wildman–Crippen LogP) is 3.20. The quantitative estimate of drug-likeness (QED) is 0.875. The van der Waals surface area contributed by atoms with E-state index in [1.807, 2.05) is 6.07 Å². The van der Waals surface area contributed by atoms with Crippen molar-refractivity contribution in [2.24, 2.45) is 0 Å². The molecule has 2 rings (SSSR count). The number of nitrogens with one attached hydrogen (secondary N) is 1. The van der Waals surface area contributed by atoms with Crippen LogP contribution in [0.1, 0.15) is 21.9 Å². The highest BCUT2D eigenvalue weighted by Gasteiger charge is 2.11. The number of benzene rings is 1. The van der Waals surface area contributed by atoms with Crippen LogP contribution < -0.4 is 5.32 Å². The largest absolute Gasteiger partial charge is 0.465 e. The first-order valence-electron chi connectivity index (χ1n) is 5.74. The monoisotopic (exact) mass is 290 g/mol. The molecular weight excluding hydrogens is 280 g/mol. The van der Waals surface area contributed by atoms with Crippen LogP contribution in [-0.4, -0.2) is 13.1 Å². The number of halogens is 1. The van der Waals surface area contributed by atoms with E-state index in [9.17, 15) is 4.79 Å². The lowest BCUT2D eigenvalue weighted by Gasteiger charge is -2.07. The van der Waals surface area contributed by atoms with Crippen molar-refractivity contribution >= 4 is 23.3 Å². The number of esters is 1. The zero-order valence-electron chi connectivity index (χ0n) is 10.6. The van der Waals surface area contributed by atoms with Crippen molar-refractivity contribution in [3.05, 3.63) is 52.4 Å². The van der Waals surface area contributed by atoms with Crippen LogP contribution in [0.15, 0.2) is 34.7 Å². The molecule has 1 aromatic carbocycles. The maximum absolute atomic E-state index is 11.5. The molecule has 2 aromatic rings. The topological polar surface area (TPSA) is 75.3 Å². The van der Waals surface area contributed by atoms with E-state index in [1.54, 1.807) is 30.3 Å². The molecule has 0 fully saturated rings. The predicted molar refractivity (Wildman–Crippen MR) is 73.5 cm³/mol. The van der Waals surface area contributed by atoms with Gasteiger partial charge in [0, 0.05) is 5.69 Å². The number of nitrogens with zero attached hydrogens (tertiary/aromatic N) is 1. The Balaban J connectivity index is 2.10. The summed E-state index contributed by atoms with van der Waals surface area (Å²) >= 11 is 5.93. The normalized spacial score (nSPS) is 9.85. The van der Waals surface area contributed by atoms with Crippen molar-refractivity contribution in [3.8, 4) is 6.07 Å². The van der Waals surface area contributed by atoms with Gasteiger partial charge in [-0.15, -0.1) is 0 Å². The van der Waals surface area contributed by atoms with E-state index in [4.69, 9.17) is 21.3 Å². The van der Waals surface area contributed by atoms with E-state index in [-0.39, 0.29) is 11.3 Å². The van der Waals surface area contributed by atoms with Gasteiger partial charge in [-0.25, -0.2) is 4.79 Å². The fourth-order valence-corrected chi connectivity index (χ4v) is 1.82. The first-order valence-corrected chi connectivity index (χ1v) is 6.12. The third-order valence-electron chi connectivity index (χ3n) is 2.61. The van der Waals surface area contributed by atoms with Gasteiger partial charge in [-0.3, -0.25) is 0 Å². The Kier molecular flexibility index (Phi) is 4.28. The molecule has 1 N–H and O–H groups in total. The van der Waals surface area contributed by atoms with Gasteiger partial charge in [-0.05, 0) is 30.3 Å². The SMILES string of the molecule is COC(=O)c1cc(NCc2ccc(C#N)o2)ccc1Cl. The van der Waals surface area contributed by atoms with Crippen molar-refractivity contribution in [2.45, 2.75) is 6.54 Å². The number of carbonyl (C=O) groups excluding carboxylic acids is 1. The number of carbonyl (C=O) groups is 1. The van der Waals surface area contributed by atoms with E-state index >= 15 is 0 Å². The number of nitriles is 1. The highest BCUT2D eigenvalue weighted by atomic mass is 35.5. The van der Waals surface area contributed by atoms with Crippen molar-refractivity contribution < 1.29 is 13.9 Å². The smallest absolute Gasteiger partial charge is 0.339 e. The molecule has 0 atom stereocenters. The van der Waals surface area contributed by atoms with E-state index in [2.05, 4.69) is 10.1 Å². The molecule has 6 heteroatoms. The average molecular weight is 291 g/mol. The number of hydrogen-bond acceptors (Lipinski definition) is 5. The van der Waals surface area contributed by atoms with Crippen LogP contribution >= 0.6 is 11.6 Å². The van der Waals surface area contributed by atoms with Gasteiger partial charge in [-0.1, -0.05) is 11.6 Å². The molecule has 0 saturated carbocycles. The van der Waals surface area contributed by atoms with Crippen molar-refractivity contribution in [1.82, 2.24) is 0 Å². The Morgan fingerprint density at radius 2 is 2.25 bits per heavy atom. The number of methoxy groups -OCH3 is 1. The number of furan rings is 1. The first kappa shape index (κ1) is 14.0. The van der Waals surface area contributed by atoms with Gasteiger partial charge in [0.05, 0.1) is 24.2 Å². The zero-order valence-corrected chi connectivity index (χ0v) is 11.4. The van der Waals surface area contributed by atoms with Gasteiger partial charge in [0.1, 0.15) is 11.8 Å². The second-order valence-corrected chi connectivity index (χ2v) is 4.32. The molecular formula is C14H11ClN2O3. The third kappa shape index (κ3) is 3.11. The summed E-state index contributed by atoms with van der Waals surface area (Å²) in [7, 11) is 1.30. The molecule has 0 radical (unpaired) electrons. The highest BCUT2D eigenvalue weighted by Crippen LogP contribution is 2.22. The summed E-state index contributed by atoms with van der Waals surface area (Å²) in [5.74, 6) is 0.382. The zero-order chi connectivity index (χ0) is 14.5. The molecule has 0 spiro atoms. The number of rotatable bonds is 4. The molecule has 0 bridgehead atoms. The molecule has 0 aliphatic carbocycles. The molecule has 0 amide bonds. The Bertz CT molecular complexity index is 673. The number of ether oxygens (including phenoxy) is 1. The summed E-state index contributed by atoms with van der Waals surface area (Å²) in [4.78, 5) is 11.5. The van der Waals surface area contributed by atoms with Gasteiger partial charge in [-0.2, -0.15) is 5.26 Å². The molecule has 1 aromatic heterocycles. The maximum Gasteiger partial charge on any atom is 0.339 e. The Morgan fingerprint density at radius 1 is 1.45 bits per heavy atom. The summed E-state index contributed by atoms with van der Waals surface area (Å²) in [6.45, 7) is 0.393. The van der Waals surface area contributed by atoms with Crippen LogP contribution in [0.5, 0.6) is 0 Å². The number of hydrogen-bond donors (Lipinski definition) is 1. The fraction of sp³-hybridized carbons (Fsp3) is 0.143. The first-order chi connectivity index (χ1) is 9.63. The van der Waals surface area contributed by atoms with Crippen LogP contribution in [0.25, 0.3) is 0 Å². The third-order valence-corrected chi connectivity index (χ3v) is 2.94. The van der Waals surface area contributed by atoms with Crippen molar-refractivity contribution in [1.29, 1.82) is 5.26 Å². The average Bonchev–Trinajstić information content (AvgIpc) is 2.93. The summed E-state index contributed by atoms with van der Waals surface area (Å²) < 4.78 is 9.88. The Labute approximate surface area is 120 Å². The maximum atomic E-state index is 11.5. The number of anilines is 1. The van der Waals surface area contributed by atoms with E-state index in [0.29, 0.717) is 23.0 Å². The standard InChI is InChI=1S/C14H11ClN2O3/c1-19-14(18)12-6-9(2-5-13(12)15)17-8-11-4-3-10(7-16)20-11/h2-6,17H,8H2,1H3. The van der Waals surface area contributed by atoms with E-state index in [1.165, 1.54) is 7.11 Å². The molecule has 0 aliphatic rings. The minimum absolute atomic E-state index is 0.258. The van der Waals surface area contributed by atoms with E-state index < -0.39 is 5.97 Å². The minimum Gasteiger partial charge on any atom is -0.465 e. The van der Waals surface area contributed by atoms with Crippen molar-refractivity contribution in [3.63, 3.8) is 0 Å². The summed E-state index contributed by atoms with van der Waals surface area (Å²) in [6, 6.07) is 10.2. The molecule has 102 valence electrons. The van der Waals surface area contributed by atoms with Gasteiger partial charge in [0.25, 0.3) is 0 Å².